The Labute approximate surface area is 127 Å². The van der Waals surface area contributed by atoms with E-state index in [4.69, 9.17) is 10.1 Å². The van der Waals surface area contributed by atoms with Gasteiger partial charge in [-0.2, -0.15) is 11.8 Å². The van der Waals surface area contributed by atoms with E-state index in [1.807, 2.05) is 31.2 Å². The summed E-state index contributed by atoms with van der Waals surface area (Å²) in [6.45, 7) is 2.75. The van der Waals surface area contributed by atoms with Crippen LogP contribution in [0.1, 0.15) is 12.1 Å². The second kappa shape index (κ2) is 5.89. The average Bonchev–Trinajstić information content (AvgIpc) is 2.47. The summed E-state index contributed by atoms with van der Waals surface area (Å²) in [5, 5.41) is 9.10. The summed E-state index contributed by atoms with van der Waals surface area (Å²) in [4.78, 5) is 22.5. The molecule has 1 atom stereocenters. The first-order valence-corrected chi connectivity index (χ1v) is 8.10. The lowest BCUT2D eigenvalue weighted by molar-refractivity contribution is -0.137. The highest BCUT2D eigenvalue weighted by molar-refractivity contribution is 7.99. The van der Waals surface area contributed by atoms with Gasteiger partial charge in [-0.3, -0.25) is 4.79 Å². The number of carboxylic acids is 1. The summed E-state index contributed by atoms with van der Waals surface area (Å²) in [7, 11) is 0. The van der Waals surface area contributed by atoms with Crippen molar-refractivity contribution in [2.75, 3.05) is 23.0 Å². The number of fused-ring (bicyclic) bond motifs is 1. The van der Waals surface area contributed by atoms with Crippen LogP contribution in [0.25, 0.3) is 11.0 Å². The minimum atomic E-state index is -0.765. The van der Waals surface area contributed by atoms with Crippen LogP contribution in [0.5, 0.6) is 0 Å². The van der Waals surface area contributed by atoms with E-state index in [1.165, 1.54) is 0 Å². The lowest BCUT2D eigenvalue weighted by Crippen LogP contribution is -2.44. The lowest BCUT2D eigenvalue weighted by atomic mass is 10.2. The van der Waals surface area contributed by atoms with Crippen molar-refractivity contribution in [3.8, 4) is 0 Å². The van der Waals surface area contributed by atoms with Crippen LogP contribution in [0, 0.1) is 6.92 Å². The number of para-hydroxylation sites is 2. The topological polar surface area (TPSA) is 66.3 Å². The Balaban J connectivity index is 2.00. The van der Waals surface area contributed by atoms with Crippen LogP contribution < -0.4 is 4.90 Å². The molecular formula is C15H17N3O2S. The van der Waals surface area contributed by atoms with Crippen molar-refractivity contribution in [2.45, 2.75) is 19.4 Å². The first-order valence-electron chi connectivity index (χ1n) is 6.94. The van der Waals surface area contributed by atoms with Gasteiger partial charge in [-0.15, -0.1) is 0 Å². The van der Waals surface area contributed by atoms with Crippen LogP contribution in [0.2, 0.25) is 0 Å². The maximum Gasteiger partial charge on any atom is 0.305 e. The maximum absolute atomic E-state index is 11.1. The monoisotopic (exact) mass is 303 g/mol. The van der Waals surface area contributed by atoms with Gasteiger partial charge >= 0.3 is 5.97 Å². The number of hydrogen-bond acceptors (Lipinski definition) is 5. The van der Waals surface area contributed by atoms with Crippen molar-refractivity contribution in [3.05, 3.63) is 30.0 Å². The highest BCUT2D eigenvalue weighted by Crippen LogP contribution is 2.27. The molecule has 6 heteroatoms. The summed E-state index contributed by atoms with van der Waals surface area (Å²) >= 11 is 1.80. The lowest BCUT2D eigenvalue weighted by Gasteiger charge is -2.36. The number of anilines is 1. The highest BCUT2D eigenvalue weighted by atomic mass is 32.2. The second-order valence-corrected chi connectivity index (χ2v) is 6.29. The first kappa shape index (κ1) is 14.1. The Bertz CT molecular complexity index is 677. The predicted octanol–water partition coefficient (Wildman–Crippen LogP) is 2.33. The maximum atomic E-state index is 11.1. The summed E-state index contributed by atoms with van der Waals surface area (Å²) in [6.07, 6.45) is 0.140. The third-order valence-corrected chi connectivity index (χ3v) is 4.72. The number of rotatable bonds is 3. The zero-order chi connectivity index (χ0) is 14.8. The van der Waals surface area contributed by atoms with Crippen LogP contribution in [-0.2, 0) is 4.79 Å². The number of carbonyl (C=O) groups is 1. The molecule has 3 rings (SSSR count). The van der Waals surface area contributed by atoms with E-state index in [9.17, 15) is 4.79 Å². The van der Waals surface area contributed by atoms with E-state index in [0.717, 1.165) is 40.6 Å². The van der Waals surface area contributed by atoms with Crippen LogP contribution >= 0.6 is 11.8 Å². The quantitative estimate of drug-likeness (QED) is 0.939. The van der Waals surface area contributed by atoms with Gasteiger partial charge in [0.05, 0.1) is 23.1 Å². The van der Waals surface area contributed by atoms with E-state index in [-0.39, 0.29) is 12.5 Å². The zero-order valence-electron chi connectivity index (χ0n) is 11.8. The number of carboxylic acid groups (broad SMARTS) is 1. The molecule has 110 valence electrons. The fraction of sp³-hybridized carbons (Fsp3) is 0.400. The Morgan fingerprint density at radius 3 is 2.81 bits per heavy atom. The van der Waals surface area contributed by atoms with Crippen LogP contribution in [0.3, 0.4) is 0 Å². The van der Waals surface area contributed by atoms with Gasteiger partial charge in [-0.1, -0.05) is 12.1 Å². The Morgan fingerprint density at radius 2 is 2.10 bits per heavy atom. The van der Waals surface area contributed by atoms with Gasteiger partial charge in [-0.05, 0) is 19.1 Å². The number of aryl methyl sites for hydroxylation is 1. The number of thioether (sulfide) groups is 1. The molecule has 21 heavy (non-hydrogen) atoms. The Morgan fingerprint density at radius 1 is 1.38 bits per heavy atom. The molecule has 0 aliphatic carbocycles. The molecule has 1 N–H and O–H groups in total. The van der Waals surface area contributed by atoms with E-state index in [1.54, 1.807) is 11.8 Å². The van der Waals surface area contributed by atoms with Gasteiger partial charge in [0.1, 0.15) is 0 Å². The fourth-order valence-electron chi connectivity index (χ4n) is 2.66. The van der Waals surface area contributed by atoms with Crippen LogP contribution in [-0.4, -0.2) is 45.1 Å². The third kappa shape index (κ3) is 2.95. The fourth-order valence-corrected chi connectivity index (χ4v) is 3.72. The number of nitrogens with zero attached hydrogens (tertiary/aromatic N) is 3. The molecule has 2 heterocycles. The van der Waals surface area contributed by atoms with Crippen molar-refractivity contribution >= 4 is 34.6 Å². The first-order chi connectivity index (χ1) is 10.1. The molecule has 0 amide bonds. The third-order valence-electron chi connectivity index (χ3n) is 3.63. The minimum absolute atomic E-state index is 0.0181. The van der Waals surface area contributed by atoms with E-state index >= 15 is 0 Å². The molecule has 1 aromatic heterocycles. The molecule has 1 fully saturated rings. The van der Waals surface area contributed by atoms with E-state index in [2.05, 4.69) is 9.88 Å². The van der Waals surface area contributed by atoms with Gasteiger partial charge in [-0.25, -0.2) is 9.97 Å². The molecule has 1 aliphatic rings. The summed E-state index contributed by atoms with van der Waals surface area (Å²) in [5.41, 5.74) is 2.58. The molecule has 1 saturated heterocycles. The molecule has 0 spiro atoms. The highest BCUT2D eigenvalue weighted by Gasteiger charge is 2.27. The van der Waals surface area contributed by atoms with Crippen molar-refractivity contribution in [3.63, 3.8) is 0 Å². The van der Waals surface area contributed by atoms with Gasteiger partial charge in [0.2, 0.25) is 0 Å². The van der Waals surface area contributed by atoms with Gasteiger partial charge in [0, 0.05) is 24.1 Å². The second-order valence-electron chi connectivity index (χ2n) is 5.14. The van der Waals surface area contributed by atoms with Crippen LogP contribution in [0.15, 0.2) is 24.3 Å². The summed E-state index contributed by atoms with van der Waals surface area (Å²) in [6, 6.07) is 7.75. The van der Waals surface area contributed by atoms with Crippen molar-refractivity contribution in [2.24, 2.45) is 0 Å². The molecule has 1 aliphatic heterocycles. The number of aliphatic carboxylic acids is 1. The van der Waals surface area contributed by atoms with Gasteiger partial charge < -0.3 is 10.0 Å². The van der Waals surface area contributed by atoms with Crippen molar-refractivity contribution < 1.29 is 9.90 Å². The van der Waals surface area contributed by atoms with Crippen molar-refractivity contribution in [1.29, 1.82) is 0 Å². The van der Waals surface area contributed by atoms with Crippen LogP contribution in [0.4, 0.5) is 5.82 Å². The SMILES string of the molecule is Cc1nc2ccccc2nc1N1CCSCC1CC(=O)O. The molecule has 0 bridgehead atoms. The van der Waals surface area contributed by atoms with E-state index in [0.29, 0.717) is 0 Å². The van der Waals surface area contributed by atoms with Gasteiger partial charge in [0.25, 0.3) is 0 Å². The molecule has 2 aromatic rings. The average molecular weight is 303 g/mol. The summed E-state index contributed by atoms with van der Waals surface area (Å²) < 4.78 is 0. The molecule has 5 nitrogen and oxygen atoms in total. The largest absolute Gasteiger partial charge is 0.481 e. The summed E-state index contributed by atoms with van der Waals surface area (Å²) in [5.74, 6) is 1.86. The Hall–Kier alpha value is -1.82. The predicted molar refractivity (Wildman–Crippen MR) is 85.0 cm³/mol. The van der Waals surface area contributed by atoms with Gasteiger partial charge in [0.15, 0.2) is 5.82 Å². The smallest absolute Gasteiger partial charge is 0.305 e. The normalized spacial score (nSPS) is 18.9. The number of hydrogen-bond donors (Lipinski definition) is 1. The van der Waals surface area contributed by atoms with Crippen molar-refractivity contribution in [1.82, 2.24) is 9.97 Å². The molecule has 1 aromatic carbocycles. The standard InChI is InChI=1S/C15H17N3O2S/c1-10-15(17-13-5-3-2-4-12(13)16-10)18-6-7-21-9-11(18)8-14(19)20/h2-5,11H,6-9H2,1H3,(H,19,20). The van der Waals surface area contributed by atoms with E-state index < -0.39 is 5.97 Å². The number of benzene rings is 1. The molecular weight excluding hydrogens is 286 g/mol. The molecule has 1 unspecified atom stereocenters. The minimum Gasteiger partial charge on any atom is -0.481 e. The molecule has 0 radical (unpaired) electrons. The molecule has 0 saturated carbocycles. The number of aromatic nitrogens is 2. The zero-order valence-corrected chi connectivity index (χ0v) is 12.6. The Kier molecular flexibility index (Phi) is 3.96.